The first-order valence-corrected chi connectivity index (χ1v) is 8.27. The summed E-state index contributed by atoms with van der Waals surface area (Å²) in [6.07, 6.45) is 2.89. The van der Waals surface area contributed by atoms with Crippen LogP contribution in [-0.2, 0) is 11.3 Å². The zero-order valence-corrected chi connectivity index (χ0v) is 14.1. The minimum absolute atomic E-state index is 0.0502. The van der Waals surface area contributed by atoms with Gasteiger partial charge in [0.05, 0.1) is 21.6 Å². The van der Waals surface area contributed by atoms with Crippen molar-refractivity contribution in [2.24, 2.45) is 0 Å². The standard InChI is InChI=1S/C17H13N3O5S/c21-13-5-10(14-6-18-9-26-14)1-3-12(13)17(25)19-11-2-4-15(22)20(7-11)8-16(23)24/h1-7,9,21H,8H2,(H,19,25)(H,23,24). The maximum Gasteiger partial charge on any atom is 0.323 e. The van der Waals surface area contributed by atoms with E-state index < -0.39 is 24.0 Å². The van der Waals surface area contributed by atoms with Gasteiger partial charge >= 0.3 is 5.97 Å². The third-order valence-corrected chi connectivity index (χ3v) is 4.33. The number of rotatable bonds is 5. The topological polar surface area (TPSA) is 122 Å². The summed E-state index contributed by atoms with van der Waals surface area (Å²) in [6.45, 7) is -0.517. The predicted octanol–water partition coefficient (Wildman–Crippen LogP) is 2.01. The van der Waals surface area contributed by atoms with Crippen molar-refractivity contribution in [1.29, 1.82) is 0 Å². The molecule has 0 unspecified atom stereocenters. The lowest BCUT2D eigenvalue weighted by Gasteiger charge is -2.10. The number of phenolic OH excluding ortho intramolecular Hbond substituents is 1. The number of thiazole rings is 1. The minimum atomic E-state index is -1.17. The number of phenols is 1. The minimum Gasteiger partial charge on any atom is -0.507 e. The van der Waals surface area contributed by atoms with Gasteiger partial charge in [-0.15, -0.1) is 11.3 Å². The number of pyridine rings is 1. The molecule has 0 aliphatic rings. The second kappa shape index (κ2) is 7.19. The fraction of sp³-hybridized carbons (Fsp3) is 0.0588. The van der Waals surface area contributed by atoms with Crippen LogP contribution in [0.5, 0.6) is 5.75 Å². The largest absolute Gasteiger partial charge is 0.507 e. The van der Waals surface area contributed by atoms with Crippen molar-refractivity contribution >= 4 is 28.9 Å². The Morgan fingerprint density at radius 2 is 2.04 bits per heavy atom. The van der Waals surface area contributed by atoms with E-state index in [1.807, 2.05) is 0 Å². The van der Waals surface area contributed by atoms with Crippen molar-refractivity contribution in [3.8, 4) is 16.2 Å². The van der Waals surface area contributed by atoms with E-state index in [9.17, 15) is 19.5 Å². The number of hydrogen-bond donors (Lipinski definition) is 3. The van der Waals surface area contributed by atoms with Gasteiger partial charge in [-0.2, -0.15) is 0 Å². The monoisotopic (exact) mass is 371 g/mol. The second-order valence-electron chi connectivity index (χ2n) is 5.33. The van der Waals surface area contributed by atoms with Crippen LogP contribution < -0.4 is 10.9 Å². The number of carboxylic acid groups (broad SMARTS) is 1. The molecule has 3 N–H and O–H groups in total. The Balaban J connectivity index is 1.82. The maximum absolute atomic E-state index is 12.4. The molecule has 2 heterocycles. The van der Waals surface area contributed by atoms with Crippen LogP contribution in [0.25, 0.3) is 10.4 Å². The summed E-state index contributed by atoms with van der Waals surface area (Å²) in [5, 5.41) is 21.5. The number of hydrogen-bond acceptors (Lipinski definition) is 6. The molecule has 0 fully saturated rings. The van der Waals surface area contributed by atoms with Gasteiger partial charge in [0, 0.05) is 18.5 Å². The van der Waals surface area contributed by atoms with Crippen LogP contribution in [0.4, 0.5) is 5.69 Å². The molecule has 3 aromatic rings. The Bertz CT molecular complexity index is 1030. The number of aliphatic carboxylic acids is 1. The molecule has 8 nitrogen and oxygen atoms in total. The summed E-state index contributed by atoms with van der Waals surface area (Å²) in [4.78, 5) is 39.6. The molecule has 0 radical (unpaired) electrons. The molecule has 0 aliphatic heterocycles. The third kappa shape index (κ3) is 3.78. The Labute approximate surface area is 151 Å². The number of carbonyl (C=O) groups is 2. The molecule has 0 saturated heterocycles. The Kier molecular flexibility index (Phi) is 4.81. The highest BCUT2D eigenvalue weighted by atomic mass is 32.1. The molecular weight excluding hydrogens is 358 g/mol. The average molecular weight is 371 g/mol. The normalized spacial score (nSPS) is 10.5. The van der Waals surface area contributed by atoms with Crippen LogP contribution in [-0.4, -0.2) is 31.6 Å². The molecule has 1 amide bonds. The van der Waals surface area contributed by atoms with Gasteiger partial charge in [-0.3, -0.25) is 19.4 Å². The smallest absolute Gasteiger partial charge is 0.323 e. The van der Waals surface area contributed by atoms with Crippen molar-refractivity contribution in [2.75, 3.05) is 5.32 Å². The Morgan fingerprint density at radius 3 is 2.69 bits per heavy atom. The molecule has 0 atom stereocenters. The number of carbonyl (C=O) groups excluding carboxylic acids is 1. The number of aromatic nitrogens is 2. The van der Waals surface area contributed by atoms with Crippen LogP contribution >= 0.6 is 11.3 Å². The van der Waals surface area contributed by atoms with Crippen molar-refractivity contribution in [2.45, 2.75) is 6.54 Å². The number of carboxylic acids is 1. The van der Waals surface area contributed by atoms with Gasteiger partial charge in [-0.1, -0.05) is 6.07 Å². The van der Waals surface area contributed by atoms with Gasteiger partial charge in [-0.05, 0) is 23.8 Å². The van der Waals surface area contributed by atoms with Crippen molar-refractivity contribution in [3.05, 3.63) is 64.2 Å². The molecule has 9 heteroatoms. The number of nitrogens with zero attached hydrogens (tertiary/aromatic N) is 2. The molecule has 0 spiro atoms. The fourth-order valence-corrected chi connectivity index (χ4v) is 2.93. The van der Waals surface area contributed by atoms with Crippen LogP contribution in [0, 0.1) is 0 Å². The van der Waals surface area contributed by atoms with Gasteiger partial charge in [0.1, 0.15) is 12.3 Å². The first-order valence-electron chi connectivity index (χ1n) is 7.39. The summed E-state index contributed by atoms with van der Waals surface area (Å²) in [5.41, 5.74) is 2.19. The molecule has 3 rings (SSSR count). The Hall–Kier alpha value is -3.46. The number of nitrogens with one attached hydrogen (secondary N) is 1. The number of aromatic hydroxyl groups is 1. The molecule has 132 valence electrons. The highest BCUT2D eigenvalue weighted by molar-refractivity contribution is 7.13. The lowest BCUT2D eigenvalue weighted by molar-refractivity contribution is -0.137. The molecule has 2 aromatic heterocycles. The van der Waals surface area contributed by atoms with E-state index in [1.165, 1.54) is 35.7 Å². The van der Waals surface area contributed by atoms with E-state index in [0.29, 0.717) is 0 Å². The molecule has 0 saturated carbocycles. The van der Waals surface area contributed by atoms with E-state index >= 15 is 0 Å². The van der Waals surface area contributed by atoms with Gasteiger partial charge in [0.15, 0.2) is 0 Å². The lowest BCUT2D eigenvalue weighted by Crippen LogP contribution is -2.24. The quantitative estimate of drug-likeness (QED) is 0.631. The first-order chi connectivity index (χ1) is 12.4. The summed E-state index contributed by atoms with van der Waals surface area (Å²) >= 11 is 1.41. The van der Waals surface area contributed by atoms with E-state index in [4.69, 9.17) is 5.11 Å². The third-order valence-electron chi connectivity index (χ3n) is 3.51. The van der Waals surface area contributed by atoms with E-state index in [0.717, 1.165) is 21.1 Å². The van der Waals surface area contributed by atoms with Gasteiger partial charge < -0.3 is 20.1 Å². The summed E-state index contributed by atoms with van der Waals surface area (Å²) < 4.78 is 0.963. The van der Waals surface area contributed by atoms with Crippen molar-refractivity contribution in [1.82, 2.24) is 9.55 Å². The fourth-order valence-electron chi connectivity index (χ4n) is 2.31. The van der Waals surface area contributed by atoms with Gasteiger partial charge in [-0.25, -0.2) is 0 Å². The average Bonchev–Trinajstić information content (AvgIpc) is 3.12. The van der Waals surface area contributed by atoms with Crippen LogP contribution in [0.15, 0.2) is 53.0 Å². The second-order valence-corrected chi connectivity index (χ2v) is 6.22. The van der Waals surface area contributed by atoms with E-state index in [-0.39, 0.29) is 17.0 Å². The maximum atomic E-state index is 12.4. The SMILES string of the molecule is O=C(O)Cn1cc(NC(=O)c2ccc(-c3cncs3)cc2O)ccc1=O. The number of amides is 1. The highest BCUT2D eigenvalue weighted by Gasteiger charge is 2.14. The number of benzene rings is 1. The summed E-state index contributed by atoms with van der Waals surface area (Å²) in [7, 11) is 0. The van der Waals surface area contributed by atoms with Gasteiger partial charge in [0.2, 0.25) is 0 Å². The van der Waals surface area contributed by atoms with Crippen molar-refractivity contribution < 1.29 is 19.8 Å². The molecule has 1 aromatic carbocycles. The van der Waals surface area contributed by atoms with Crippen LogP contribution in [0.1, 0.15) is 10.4 Å². The predicted molar refractivity (Wildman–Crippen MR) is 95.5 cm³/mol. The molecule has 0 aliphatic carbocycles. The zero-order chi connectivity index (χ0) is 18.7. The summed E-state index contributed by atoms with van der Waals surface area (Å²) in [6, 6.07) is 7.15. The van der Waals surface area contributed by atoms with Crippen LogP contribution in [0.3, 0.4) is 0 Å². The lowest BCUT2D eigenvalue weighted by atomic mass is 10.1. The summed E-state index contributed by atoms with van der Waals surface area (Å²) in [5.74, 6) is -1.96. The van der Waals surface area contributed by atoms with Gasteiger partial charge in [0.25, 0.3) is 11.5 Å². The molecule has 0 bridgehead atoms. The zero-order valence-electron chi connectivity index (χ0n) is 13.2. The highest BCUT2D eigenvalue weighted by Crippen LogP contribution is 2.29. The van der Waals surface area contributed by atoms with E-state index in [1.54, 1.807) is 17.8 Å². The molecule has 26 heavy (non-hydrogen) atoms. The van der Waals surface area contributed by atoms with Crippen molar-refractivity contribution in [3.63, 3.8) is 0 Å². The van der Waals surface area contributed by atoms with Crippen LogP contribution in [0.2, 0.25) is 0 Å². The Morgan fingerprint density at radius 1 is 1.23 bits per heavy atom. The molecular formula is C17H13N3O5S. The van der Waals surface area contributed by atoms with E-state index in [2.05, 4.69) is 10.3 Å². The number of anilines is 1. The first kappa shape index (κ1) is 17.4.